The Morgan fingerprint density at radius 2 is 2.00 bits per heavy atom. The van der Waals surface area contributed by atoms with Crippen LogP contribution in [0, 0.1) is 0 Å². The summed E-state index contributed by atoms with van der Waals surface area (Å²) in [5.74, 6) is 1.32. The molecule has 0 aromatic heterocycles. The Bertz CT molecular complexity index is 602. The molecular formula is C18H25N3O2S. The summed E-state index contributed by atoms with van der Waals surface area (Å²) in [5.41, 5.74) is 2.37. The molecule has 1 atom stereocenters. The molecule has 0 bridgehead atoms. The molecule has 3 rings (SSSR count). The number of thioether (sulfide) groups is 1. The second kappa shape index (κ2) is 7.92. The number of carbonyl (C=O) groups excluding carboxylic acids is 2. The molecule has 5 nitrogen and oxygen atoms in total. The van der Waals surface area contributed by atoms with Gasteiger partial charge in [-0.15, -0.1) is 11.8 Å². The normalized spacial score (nSPS) is 20.5. The van der Waals surface area contributed by atoms with Crippen LogP contribution in [0.4, 0.5) is 5.69 Å². The quantitative estimate of drug-likeness (QED) is 0.887. The largest absolute Gasteiger partial charge is 0.371 e. The highest BCUT2D eigenvalue weighted by Crippen LogP contribution is 2.25. The van der Waals surface area contributed by atoms with Crippen LogP contribution < -0.4 is 10.2 Å². The lowest BCUT2D eigenvalue weighted by molar-refractivity contribution is -0.137. The minimum Gasteiger partial charge on any atom is -0.371 e. The molecule has 1 aromatic carbocycles. The topological polar surface area (TPSA) is 52.7 Å². The predicted octanol–water partition coefficient (Wildman–Crippen LogP) is 2.21. The molecule has 1 aromatic rings. The standard InChI is InChI=1S/C18H25N3O2S/c1-2-17(22)21-13-24-12-16(21)18(23)19-11-14-7-3-4-8-15(14)20-9-5-6-10-20/h3-4,7-8,16H,2,5-6,9-13H2,1H3,(H,19,23)/t16-/m0/s1. The highest BCUT2D eigenvalue weighted by molar-refractivity contribution is 7.99. The fourth-order valence-electron chi connectivity index (χ4n) is 3.34. The second-order valence-corrected chi connectivity index (χ2v) is 7.27. The van der Waals surface area contributed by atoms with Gasteiger partial charge in [-0.2, -0.15) is 0 Å². The van der Waals surface area contributed by atoms with Crippen LogP contribution >= 0.6 is 11.8 Å². The van der Waals surface area contributed by atoms with Crippen molar-refractivity contribution < 1.29 is 9.59 Å². The van der Waals surface area contributed by atoms with Crippen LogP contribution in [0.2, 0.25) is 0 Å². The number of nitrogens with one attached hydrogen (secondary N) is 1. The van der Waals surface area contributed by atoms with E-state index in [1.807, 2.05) is 19.1 Å². The number of carbonyl (C=O) groups is 2. The lowest BCUT2D eigenvalue weighted by Crippen LogP contribution is -2.46. The Kier molecular flexibility index (Phi) is 5.66. The SMILES string of the molecule is CCC(=O)N1CSC[C@H]1C(=O)NCc1ccccc1N1CCCC1. The molecule has 2 aliphatic rings. The van der Waals surface area contributed by atoms with Gasteiger partial charge in [0, 0.05) is 37.5 Å². The summed E-state index contributed by atoms with van der Waals surface area (Å²) in [4.78, 5) is 28.6. The summed E-state index contributed by atoms with van der Waals surface area (Å²) < 4.78 is 0. The van der Waals surface area contributed by atoms with Gasteiger partial charge >= 0.3 is 0 Å². The average molecular weight is 347 g/mol. The smallest absolute Gasteiger partial charge is 0.243 e. The molecule has 130 valence electrons. The van der Waals surface area contributed by atoms with E-state index in [0.717, 1.165) is 18.7 Å². The zero-order valence-electron chi connectivity index (χ0n) is 14.2. The van der Waals surface area contributed by atoms with Crippen LogP contribution in [0.5, 0.6) is 0 Å². The Balaban J connectivity index is 1.63. The third kappa shape index (κ3) is 3.69. The molecule has 2 fully saturated rings. The first-order valence-corrected chi connectivity index (χ1v) is 9.84. The van der Waals surface area contributed by atoms with Crippen molar-refractivity contribution in [2.75, 3.05) is 29.6 Å². The number of rotatable bonds is 5. The second-order valence-electron chi connectivity index (χ2n) is 6.27. The zero-order chi connectivity index (χ0) is 16.9. The molecule has 2 saturated heterocycles. The Morgan fingerprint density at radius 3 is 2.75 bits per heavy atom. The van der Waals surface area contributed by atoms with Crippen molar-refractivity contribution in [3.05, 3.63) is 29.8 Å². The van der Waals surface area contributed by atoms with Gasteiger partial charge in [0.2, 0.25) is 11.8 Å². The average Bonchev–Trinajstić information content (AvgIpc) is 3.30. The van der Waals surface area contributed by atoms with Crippen molar-refractivity contribution in [1.82, 2.24) is 10.2 Å². The van der Waals surface area contributed by atoms with Gasteiger partial charge in [0.15, 0.2) is 0 Å². The van der Waals surface area contributed by atoms with Crippen LogP contribution in [0.3, 0.4) is 0 Å². The van der Waals surface area contributed by atoms with Crippen molar-refractivity contribution in [3.8, 4) is 0 Å². The van der Waals surface area contributed by atoms with Crippen molar-refractivity contribution in [3.63, 3.8) is 0 Å². The Hall–Kier alpha value is -1.69. The zero-order valence-corrected chi connectivity index (χ0v) is 15.0. The Morgan fingerprint density at radius 1 is 1.25 bits per heavy atom. The summed E-state index contributed by atoms with van der Waals surface area (Å²) in [7, 11) is 0. The summed E-state index contributed by atoms with van der Waals surface area (Å²) in [6, 6.07) is 7.94. The van der Waals surface area contributed by atoms with E-state index in [2.05, 4.69) is 22.3 Å². The molecule has 0 radical (unpaired) electrons. The number of anilines is 1. The van der Waals surface area contributed by atoms with E-state index in [0.29, 0.717) is 24.6 Å². The van der Waals surface area contributed by atoms with E-state index in [9.17, 15) is 9.59 Å². The van der Waals surface area contributed by atoms with Crippen molar-refractivity contribution in [1.29, 1.82) is 0 Å². The number of amides is 2. The van der Waals surface area contributed by atoms with Gasteiger partial charge in [-0.1, -0.05) is 25.1 Å². The van der Waals surface area contributed by atoms with Crippen molar-refractivity contribution in [2.24, 2.45) is 0 Å². The first-order chi connectivity index (χ1) is 11.7. The fraction of sp³-hybridized carbons (Fsp3) is 0.556. The Labute approximate surface area is 147 Å². The van der Waals surface area contributed by atoms with E-state index in [1.165, 1.54) is 18.5 Å². The molecular weight excluding hydrogens is 322 g/mol. The fourth-order valence-corrected chi connectivity index (χ4v) is 4.52. The van der Waals surface area contributed by atoms with E-state index < -0.39 is 0 Å². The number of hydrogen-bond donors (Lipinski definition) is 1. The molecule has 2 amide bonds. The third-order valence-corrected chi connectivity index (χ3v) is 5.71. The van der Waals surface area contributed by atoms with Crippen LogP contribution in [0.1, 0.15) is 31.7 Å². The van der Waals surface area contributed by atoms with Crippen molar-refractivity contribution in [2.45, 2.75) is 38.8 Å². The number of nitrogens with zero attached hydrogens (tertiary/aromatic N) is 2. The summed E-state index contributed by atoms with van der Waals surface area (Å²) in [5, 5.41) is 3.04. The van der Waals surface area contributed by atoms with Gasteiger partial charge in [-0.25, -0.2) is 0 Å². The molecule has 0 spiro atoms. The van der Waals surface area contributed by atoms with Gasteiger partial charge in [0.1, 0.15) is 6.04 Å². The molecule has 2 heterocycles. The first kappa shape index (κ1) is 17.1. The molecule has 0 saturated carbocycles. The van der Waals surface area contributed by atoms with Gasteiger partial charge in [0.25, 0.3) is 0 Å². The van der Waals surface area contributed by atoms with E-state index in [4.69, 9.17) is 0 Å². The molecule has 24 heavy (non-hydrogen) atoms. The van der Waals surface area contributed by atoms with E-state index in [1.54, 1.807) is 16.7 Å². The monoisotopic (exact) mass is 347 g/mol. The van der Waals surface area contributed by atoms with Gasteiger partial charge < -0.3 is 15.1 Å². The van der Waals surface area contributed by atoms with Gasteiger partial charge in [0.05, 0.1) is 5.88 Å². The van der Waals surface area contributed by atoms with Crippen LogP contribution in [0.15, 0.2) is 24.3 Å². The molecule has 1 N–H and O–H groups in total. The minimum atomic E-state index is -0.332. The summed E-state index contributed by atoms with van der Waals surface area (Å²) in [6.07, 6.45) is 2.91. The van der Waals surface area contributed by atoms with E-state index in [-0.39, 0.29) is 17.9 Å². The third-order valence-electron chi connectivity index (χ3n) is 4.70. The first-order valence-electron chi connectivity index (χ1n) is 8.68. The summed E-state index contributed by atoms with van der Waals surface area (Å²) >= 11 is 1.64. The van der Waals surface area contributed by atoms with Gasteiger partial charge in [-0.05, 0) is 24.5 Å². The highest BCUT2D eigenvalue weighted by Gasteiger charge is 2.33. The van der Waals surface area contributed by atoms with Crippen LogP contribution in [-0.4, -0.2) is 47.5 Å². The molecule has 2 aliphatic heterocycles. The summed E-state index contributed by atoms with van der Waals surface area (Å²) in [6.45, 7) is 4.53. The lowest BCUT2D eigenvalue weighted by Gasteiger charge is -2.24. The molecule has 0 unspecified atom stereocenters. The van der Waals surface area contributed by atoms with Gasteiger partial charge in [-0.3, -0.25) is 9.59 Å². The minimum absolute atomic E-state index is 0.0435. The van der Waals surface area contributed by atoms with Crippen LogP contribution in [-0.2, 0) is 16.1 Å². The van der Waals surface area contributed by atoms with Crippen molar-refractivity contribution >= 4 is 29.3 Å². The lowest BCUT2D eigenvalue weighted by atomic mass is 10.1. The molecule has 6 heteroatoms. The number of benzene rings is 1. The predicted molar refractivity (Wildman–Crippen MR) is 98.0 cm³/mol. The maximum absolute atomic E-state index is 12.6. The maximum Gasteiger partial charge on any atom is 0.243 e. The van der Waals surface area contributed by atoms with E-state index >= 15 is 0 Å². The number of hydrogen-bond acceptors (Lipinski definition) is 4. The molecule has 0 aliphatic carbocycles. The van der Waals surface area contributed by atoms with Crippen LogP contribution in [0.25, 0.3) is 0 Å². The maximum atomic E-state index is 12.6. The highest BCUT2D eigenvalue weighted by atomic mass is 32.2. The number of para-hydroxylation sites is 1.